The van der Waals surface area contributed by atoms with Gasteiger partial charge in [-0.15, -0.1) is 0 Å². The summed E-state index contributed by atoms with van der Waals surface area (Å²) in [5.41, 5.74) is 1.84. The number of rotatable bonds is 3. The first-order chi connectivity index (χ1) is 8.68. The predicted octanol–water partition coefficient (Wildman–Crippen LogP) is 3.16. The van der Waals surface area contributed by atoms with Crippen LogP contribution in [0.25, 0.3) is 0 Å². The fourth-order valence-corrected chi connectivity index (χ4v) is 3.67. The minimum absolute atomic E-state index is 0.392. The van der Waals surface area contributed by atoms with Gasteiger partial charge in [-0.1, -0.05) is 25.1 Å². The van der Waals surface area contributed by atoms with Gasteiger partial charge in [-0.2, -0.15) is 0 Å². The molecule has 3 unspecified atom stereocenters. The summed E-state index contributed by atoms with van der Waals surface area (Å²) in [4.78, 5) is 0. The molecule has 3 atom stereocenters. The van der Waals surface area contributed by atoms with Crippen LogP contribution in [0.15, 0.2) is 24.3 Å². The Labute approximate surface area is 110 Å². The van der Waals surface area contributed by atoms with Gasteiger partial charge in [-0.25, -0.2) is 0 Å². The van der Waals surface area contributed by atoms with E-state index in [2.05, 4.69) is 43.6 Å². The number of hydrogen-bond donors (Lipinski definition) is 1. The van der Waals surface area contributed by atoms with Gasteiger partial charge in [0.05, 0.1) is 0 Å². The highest BCUT2D eigenvalue weighted by Gasteiger charge is 2.38. The minimum atomic E-state index is 0.392. The van der Waals surface area contributed by atoms with Gasteiger partial charge in [0.1, 0.15) is 11.9 Å². The molecule has 0 aromatic heterocycles. The smallest absolute Gasteiger partial charge is 0.123 e. The molecule has 0 bridgehead atoms. The maximum atomic E-state index is 6.08. The first kappa shape index (κ1) is 12.0. The van der Waals surface area contributed by atoms with Gasteiger partial charge in [0.15, 0.2) is 0 Å². The Balaban J connectivity index is 1.63. The summed E-state index contributed by atoms with van der Waals surface area (Å²) in [7, 11) is 2.08. The van der Waals surface area contributed by atoms with E-state index in [4.69, 9.17) is 4.74 Å². The number of benzene rings is 1. The fourth-order valence-electron chi connectivity index (χ4n) is 3.67. The molecule has 1 aromatic carbocycles. The second-order valence-electron chi connectivity index (χ2n) is 6.29. The van der Waals surface area contributed by atoms with Crippen molar-refractivity contribution in [2.24, 2.45) is 5.41 Å². The number of fused-ring (bicyclic) bond motifs is 1. The van der Waals surface area contributed by atoms with Crippen LogP contribution in [-0.2, 0) is 6.42 Å². The molecule has 3 rings (SSSR count). The molecule has 18 heavy (non-hydrogen) atoms. The fraction of sp³-hybridized carbons (Fsp3) is 0.625. The average molecular weight is 245 g/mol. The lowest BCUT2D eigenvalue weighted by Crippen LogP contribution is -2.27. The third-order valence-electron chi connectivity index (χ3n) is 4.68. The summed E-state index contributed by atoms with van der Waals surface area (Å²) >= 11 is 0. The molecule has 1 N–H and O–H groups in total. The van der Waals surface area contributed by atoms with Crippen LogP contribution in [0, 0.1) is 5.41 Å². The average Bonchev–Trinajstić information content (AvgIpc) is 2.92. The van der Waals surface area contributed by atoms with E-state index in [0.29, 0.717) is 17.6 Å². The summed E-state index contributed by atoms with van der Waals surface area (Å²) in [5.74, 6) is 1.11. The number of para-hydroxylation sites is 1. The molecule has 2 aliphatic rings. The SMILES string of the molecule is CNC1CCC(C)(CC2Cc3ccccc3O2)C1. The monoisotopic (exact) mass is 245 g/mol. The van der Waals surface area contributed by atoms with Crippen molar-refractivity contribution in [1.29, 1.82) is 0 Å². The minimum Gasteiger partial charge on any atom is -0.490 e. The molecule has 0 spiro atoms. The van der Waals surface area contributed by atoms with Gasteiger partial charge < -0.3 is 10.1 Å². The van der Waals surface area contributed by atoms with Crippen LogP contribution < -0.4 is 10.1 Å². The molecule has 2 nitrogen and oxygen atoms in total. The Morgan fingerprint density at radius 2 is 2.22 bits per heavy atom. The van der Waals surface area contributed by atoms with Crippen molar-refractivity contribution >= 4 is 0 Å². The van der Waals surface area contributed by atoms with Crippen LogP contribution in [0.2, 0.25) is 0 Å². The molecule has 0 saturated heterocycles. The molecule has 2 heteroatoms. The van der Waals surface area contributed by atoms with Gasteiger partial charge in [0.2, 0.25) is 0 Å². The molecule has 0 radical (unpaired) electrons. The molecule has 1 aromatic rings. The lowest BCUT2D eigenvalue weighted by molar-refractivity contribution is 0.147. The third kappa shape index (κ3) is 2.26. The number of hydrogen-bond acceptors (Lipinski definition) is 2. The Kier molecular flexibility index (Phi) is 3.06. The number of ether oxygens (including phenoxy) is 1. The second-order valence-corrected chi connectivity index (χ2v) is 6.29. The molecule has 1 aliphatic carbocycles. The molecule has 1 aliphatic heterocycles. The Morgan fingerprint density at radius 1 is 1.39 bits per heavy atom. The zero-order valence-electron chi connectivity index (χ0n) is 11.4. The van der Waals surface area contributed by atoms with E-state index in [1.165, 1.54) is 31.2 Å². The van der Waals surface area contributed by atoms with Crippen molar-refractivity contribution in [3.63, 3.8) is 0 Å². The predicted molar refractivity (Wildman–Crippen MR) is 74.0 cm³/mol. The van der Waals surface area contributed by atoms with E-state index in [0.717, 1.165) is 12.2 Å². The van der Waals surface area contributed by atoms with Crippen molar-refractivity contribution in [2.75, 3.05) is 7.05 Å². The molecule has 1 fully saturated rings. The highest BCUT2D eigenvalue weighted by atomic mass is 16.5. The Bertz CT molecular complexity index is 406. The van der Waals surface area contributed by atoms with Gasteiger partial charge in [-0.3, -0.25) is 0 Å². The highest BCUT2D eigenvalue weighted by Crippen LogP contribution is 2.44. The lowest BCUT2D eigenvalue weighted by Gasteiger charge is -2.27. The first-order valence-electron chi connectivity index (χ1n) is 7.10. The lowest BCUT2D eigenvalue weighted by atomic mass is 9.82. The van der Waals surface area contributed by atoms with Gasteiger partial charge in [0.25, 0.3) is 0 Å². The maximum absolute atomic E-state index is 6.08. The van der Waals surface area contributed by atoms with Crippen LogP contribution in [0.3, 0.4) is 0 Å². The normalized spacial score (nSPS) is 34.3. The molecule has 0 amide bonds. The van der Waals surface area contributed by atoms with E-state index in [1.54, 1.807) is 0 Å². The largest absolute Gasteiger partial charge is 0.490 e. The summed E-state index contributed by atoms with van der Waals surface area (Å²) in [6.45, 7) is 2.43. The van der Waals surface area contributed by atoms with Crippen molar-refractivity contribution in [3.8, 4) is 5.75 Å². The van der Waals surface area contributed by atoms with Crippen molar-refractivity contribution in [3.05, 3.63) is 29.8 Å². The van der Waals surface area contributed by atoms with Crippen LogP contribution in [0.1, 0.15) is 38.2 Å². The zero-order chi connectivity index (χ0) is 12.6. The van der Waals surface area contributed by atoms with Gasteiger partial charge in [-0.05, 0) is 49.8 Å². The summed E-state index contributed by atoms with van der Waals surface area (Å²) in [6.07, 6.45) is 6.61. The van der Waals surface area contributed by atoms with Crippen LogP contribution in [-0.4, -0.2) is 19.2 Å². The zero-order valence-corrected chi connectivity index (χ0v) is 11.4. The van der Waals surface area contributed by atoms with E-state index in [9.17, 15) is 0 Å². The molecule has 1 saturated carbocycles. The van der Waals surface area contributed by atoms with E-state index in [1.807, 2.05) is 0 Å². The standard InChI is InChI=1S/C16H23NO/c1-16(8-7-13(10-16)17-2)11-14-9-12-5-3-4-6-15(12)18-14/h3-6,13-14,17H,7-11H2,1-2H3. The second kappa shape index (κ2) is 4.58. The van der Waals surface area contributed by atoms with E-state index >= 15 is 0 Å². The number of nitrogens with one attached hydrogen (secondary N) is 1. The highest BCUT2D eigenvalue weighted by molar-refractivity contribution is 5.37. The molecular weight excluding hydrogens is 222 g/mol. The maximum Gasteiger partial charge on any atom is 0.123 e. The Hall–Kier alpha value is -1.02. The molecule has 98 valence electrons. The van der Waals surface area contributed by atoms with Crippen molar-refractivity contribution in [2.45, 2.75) is 51.2 Å². The molecule has 1 heterocycles. The van der Waals surface area contributed by atoms with Gasteiger partial charge >= 0.3 is 0 Å². The van der Waals surface area contributed by atoms with Crippen molar-refractivity contribution < 1.29 is 4.74 Å². The quantitative estimate of drug-likeness (QED) is 0.883. The Morgan fingerprint density at radius 3 is 2.94 bits per heavy atom. The van der Waals surface area contributed by atoms with Crippen molar-refractivity contribution in [1.82, 2.24) is 5.32 Å². The summed E-state index contributed by atoms with van der Waals surface area (Å²) in [5, 5.41) is 3.42. The topological polar surface area (TPSA) is 21.3 Å². The third-order valence-corrected chi connectivity index (χ3v) is 4.68. The summed E-state index contributed by atoms with van der Waals surface area (Å²) < 4.78 is 6.08. The van der Waals surface area contributed by atoms with Crippen LogP contribution >= 0.6 is 0 Å². The van der Waals surface area contributed by atoms with Crippen LogP contribution in [0.4, 0.5) is 0 Å². The molecular formula is C16H23NO. The van der Waals surface area contributed by atoms with Crippen LogP contribution in [0.5, 0.6) is 5.75 Å². The van der Waals surface area contributed by atoms with Gasteiger partial charge in [0, 0.05) is 12.5 Å². The van der Waals surface area contributed by atoms with E-state index < -0.39 is 0 Å². The van der Waals surface area contributed by atoms with E-state index in [-0.39, 0.29) is 0 Å². The first-order valence-corrected chi connectivity index (χ1v) is 7.10. The summed E-state index contributed by atoms with van der Waals surface area (Å²) in [6, 6.07) is 9.18.